The van der Waals surface area contributed by atoms with Crippen molar-refractivity contribution in [3.05, 3.63) is 0 Å². The number of ether oxygens (including phenoxy) is 2. The average Bonchev–Trinajstić information content (AvgIpc) is 2.51. The largest absolute Gasteiger partial charge is 0.396 e. The maximum atomic E-state index is 8.86. The van der Waals surface area contributed by atoms with E-state index >= 15 is 0 Å². The number of hydrogen-bond donors (Lipinski definition) is 1. The topological polar surface area (TPSA) is 38.7 Å². The minimum Gasteiger partial charge on any atom is -0.396 e. The van der Waals surface area contributed by atoms with Gasteiger partial charge in [0.2, 0.25) is 0 Å². The van der Waals surface area contributed by atoms with E-state index in [2.05, 4.69) is 6.92 Å². The van der Waals surface area contributed by atoms with Crippen molar-refractivity contribution in [3.8, 4) is 0 Å². The number of rotatable bonds is 7. The molecule has 1 fully saturated rings. The van der Waals surface area contributed by atoms with Crippen molar-refractivity contribution in [2.45, 2.75) is 77.3 Å². The molecule has 1 rings (SSSR count). The van der Waals surface area contributed by atoms with Crippen LogP contribution < -0.4 is 0 Å². The number of aliphatic hydroxyl groups excluding tert-OH is 1. The molecule has 3 nitrogen and oxygen atoms in total. The van der Waals surface area contributed by atoms with E-state index in [9.17, 15) is 0 Å². The van der Waals surface area contributed by atoms with Crippen molar-refractivity contribution in [3.63, 3.8) is 0 Å². The minimum atomic E-state index is -0.447. The zero-order valence-corrected chi connectivity index (χ0v) is 10.9. The highest BCUT2D eigenvalue weighted by Gasteiger charge is 2.40. The molecule has 0 spiro atoms. The lowest BCUT2D eigenvalue weighted by molar-refractivity contribution is -0.147. The SMILES string of the molecule is CCCCC[C@H]1OC(C)(C)O[C@H]1CCCO. The Balaban J connectivity index is 2.38. The summed E-state index contributed by atoms with van der Waals surface area (Å²) in [4.78, 5) is 0. The molecule has 0 bridgehead atoms. The summed E-state index contributed by atoms with van der Waals surface area (Å²) in [6.07, 6.45) is 6.85. The first kappa shape index (κ1) is 13.9. The molecule has 0 aliphatic carbocycles. The maximum Gasteiger partial charge on any atom is 0.163 e. The van der Waals surface area contributed by atoms with Gasteiger partial charge in [0, 0.05) is 6.61 Å². The van der Waals surface area contributed by atoms with E-state index in [1.165, 1.54) is 19.3 Å². The van der Waals surface area contributed by atoms with Crippen molar-refractivity contribution in [2.75, 3.05) is 6.61 Å². The molecule has 1 N–H and O–H groups in total. The summed E-state index contributed by atoms with van der Waals surface area (Å²) in [5.41, 5.74) is 0. The van der Waals surface area contributed by atoms with E-state index in [1.54, 1.807) is 0 Å². The van der Waals surface area contributed by atoms with Crippen molar-refractivity contribution in [1.82, 2.24) is 0 Å². The van der Waals surface area contributed by atoms with Gasteiger partial charge >= 0.3 is 0 Å². The number of aliphatic hydroxyl groups is 1. The van der Waals surface area contributed by atoms with Crippen LogP contribution in [0.1, 0.15) is 59.3 Å². The first-order valence-electron chi connectivity index (χ1n) is 6.55. The van der Waals surface area contributed by atoms with Crippen LogP contribution in [0.4, 0.5) is 0 Å². The molecular weight excluding hydrogens is 204 g/mol. The van der Waals surface area contributed by atoms with Crippen LogP contribution in [-0.4, -0.2) is 29.7 Å². The zero-order chi connectivity index (χ0) is 12.0. The third kappa shape index (κ3) is 4.40. The van der Waals surface area contributed by atoms with Crippen LogP contribution in [0.15, 0.2) is 0 Å². The molecule has 0 aromatic rings. The number of hydrogen-bond acceptors (Lipinski definition) is 3. The molecule has 0 aromatic carbocycles. The summed E-state index contributed by atoms with van der Waals surface area (Å²) in [5.74, 6) is -0.447. The lowest BCUT2D eigenvalue weighted by Crippen LogP contribution is -2.22. The molecule has 16 heavy (non-hydrogen) atoms. The third-order valence-corrected chi connectivity index (χ3v) is 3.02. The van der Waals surface area contributed by atoms with Gasteiger partial charge in [-0.3, -0.25) is 0 Å². The Kier molecular flexibility index (Phi) is 5.73. The van der Waals surface area contributed by atoms with Crippen LogP contribution in [0.25, 0.3) is 0 Å². The first-order chi connectivity index (χ1) is 7.59. The Morgan fingerprint density at radius 3 is 2.06 bits per heavy atom. The molecule has 0 amide bonds. The smallest absolute Gasteiger partial charge is 0.163 e. The van der Waals surface area contributed by atoms with E-state index in [4.69, 9.17) is 14.6 Å². The third-order valence-electron chi connectivity index (χ3n) is 3.02. The lowest BCUT2D eigenvalue weighted by atomic mass is 10.0. The van der Waals surface area contributed by atoms with Crippen LogP contribution in [0, 0.1) is 0 Å². The van der Waals surface area contributed by atoms with E-state index in [0.717, 1.165) is 19.3 Å². The normalized spacial score (nSPS) is 28.5. The Hall–Kier alpha value is -0.120. The van der Waals surface area contributed by atoms with E-state index in [0.29, 0.717) is 0 Å². The van der Waals surface area contributed by atoms with Crippen molar-refractivity contribution in [2.24, 2.45) is 0 Å². The van der Waals surface area contributed by atoms with Crippen LogP contribution in [0.3, 0.4) is 0 Å². The number of unbranched alkanes of at least 4 members (excludes halogenated alkanes) is 2. The van der Waals surface area contributed by atoms with Crippen LogP contribution in [-0.2, 0) is 9.47 Å². The van der Waals surface area contributed by atoms with Crippen molar-refractivity contribution in [1.29, 1.82) is 0 Å². The van der Waals surface area contributed by atoms with E-state index < -0.39 is 5.79 Å². The molecule has 2 atom stereocenters. The fourth-order valence-corrected chi connectivity index (χ4v) is 2.29. The predicted octanol–water partition coefficient (Wildman–Crippen LogP) is 2.86. The van der Waals surface area contributed by atoms with Crippen molar-refractivity contribution >= 4 is 0 Å². The van der Waals surface area contributed by atoms with Gasteiger partial charge < -0.3 is 14.6 Å². The van der Waals surface area contributed by atoms with Gasteiger partial charge in [-0.05, 0) is 33.1 Å². The quantitative estimate of drug-likeness (QED) is 0.683. The summed E-state index contributed by atoms with van der Waals surface area (Å²) in [6, 6.07) is 0. The zero-order valence-electron chi connectivity index (χ0n) is 10.9. The average molecular weight is 230 g/mol. The lowest BCUT2D eigenvalue weighted by Gasteiger charge is -2.16. The summed E-state index contributed by atoms with van der Waals surface area (Å²) >= 11 is 0. The standard InChI is InChI=1S/C13H26O3/c1-4-5-6-8-11-12(9-7-10-14)16-13(2,3)15-11/h11-12,14H,4-10H2,1-3H3/t11-,12+/m1/s1. The van der Waals surface area contributed by atoms with Crippen LogP contribution in [0.2, 0.25) is 0 Å². The van der Waals surface area contributed by atoms with Crippen LogP contribution >= 0.6 is 0 Å². The second-order valence-electron chi connectivity index (χ2n) is 5.07. The fraction of sp³-hybridized carbons (Fsp3) is 1.00. The molecule has 1 aliphatic rings. The highest BCUT2D eigenvalue weighted by atomic mass is 16.7. The van der Waals surface area contributed by atoms with Crippen molar-refractivity contribution < 1.29 is 14.6 Å². The monoisotopic (exact) mass is 230 g/mol. The summed E-state index contributed by atoms with van der Waals surface area (Å²) in [5, 5.41) is 8.86. The first-order valence-corrected chi connectivity index (χ1v) is 6.55. The Labute approximate surface area is 99.1 Å². The summed E-state index contributed by atoms with van der Waals surface area (Å²) in [7, 11) is 0. The van der Waals surface area contributed by atoms with Gasteiger partial charge in [-0.25, -0.2) is 0 Å². The molecule has 0 unspecified atom stereocenters. The highest BCUT2D eigenvalue weighted by Crippen LogP contribution is 2.33. The van der Waals surface area contributed by atoms with Gasteiger partial charge in [0.1, 0.15) is 0 Å². The molecule has 0 radical (unpaired) electrons. The van der Waals surface area contributed by atoms with E-state index in [-0.39, 0.29) is 18.8 Å². The molecule has 96 valence electrons. The van der Waals surface area contributed by atoms with E-state index in [1.807, 2.05) is 13.8 Å². The Bertz CT molecular complexity index is 192. The molecule has 1 heterocycles. The second-order valence-corrected chi connectivity index (χ2v) is 5.07. The summed E-state index contributed by atoms with van der Waals surface area (Å²) < 4.78 is 11.8. The second kappa shape index (κ2) is 6.58. The predicted molar refractivity (Wildman–Crippen MR) is 64.3 cm³/mol. The molecule has 1 saturated heterocycles. The molecular formula is C13H26O3. The molecule has 3 heteroatoms. The van der Waals surface area contributed by atoms with Gasteiger partial charge in [0.25, 0.3) is 0 Å². The highest BCUT2D eigenvalue weighted by molar-refractivity contribution is 4.81. The fourth-order valence-electron chi connectivity index (χ4n) is 2.29. The van der Waals surface area contributed by atoms with Gasteiger partial charge in [-0.15, -0.1) is 0 Å². The van der Waals surface area contributed by atoms with Gasteiger partial charge in [0.05, 0.1) is 12.2 Å². The van der Waals surface area contributed by atoms with Crippen LogP contribution in [0.5, 0.6) is 0 Å². The molecule has 0 saturated carbocycles. The van der Waals surface area contributed by atoms with Gasteiger partial charge in [-0.1, -0.05) is 26.2 Å². The maximum absolute atomic E-state index is 8.86. The van der Waals surface area contributed by atoms with Gasteiger partial charge in [-0.2, -0.15) is 0 Å². The summed E-state index contributed by atoms with van der Waals surface area (Å²) in [6.45, 7) is 6.39. The molecule has 0 aromatic heterocycles. The Morgan fingerprint density at radius 1 is 1.00 bits per heavy atom. The molecule has 1 aliphatic heterocycles. The van der Waals surface area contributed by atoms with Gasteiger partial charge in [0.15, 0.2) is 5.79 Å². The Morgan fingerprint density at radius 2 is 1.56 bits per heavy atom. The minimum absolute atomic E-state index is 0.166.